The normalized spacial score (nSPS) is 16.1. The van der Waals surface area contributed by atoms with E-state index in [-0.39, 0.29) is 46.6 Å². The van der Waals surface area contributed by atoms with Gasteiger partial charge < -0.3 is 24.6 Å². The van der Waals surface area contributed by atoms with Crippen LogP contribution in [0.25, 0.3) is 22.0 Å². The molecule has 0 bridgehead atoms. The number of nitrogens with one attached hydrogen (secondary N) is 1. The van der Waals surface area contributed by atoms with Gasteiger partial charge in [0.15, 0.2) is 6.10 Å². The van der Waals surface area contributed by atoms with Crippen LogP contribution in [-0.2, 0) is 29.2 Å². The highest BCUT2D eigenvalue weighted by Gasteiger charge is 2.44. The molecule has 1 amide bonds. The number of morpholine rings is 1. The number of hydrogen-bond acceptors (Lipinski definition) is 6. The molecule has 0 saturated carbocycles. The number of carboxylic acid groups (broad SMARTS) is 1. The van der Waals surface area contributed by atoms with Crippen LogP contribution in [0.2, 0.25) is 0 Å². The van der Waals surface area contributed by atoms with Crippen LogP contribution in [0.1, 0.15) is 27.2 Å². The largest absolute Gasteiger partial charge is 0.480 e. The van der Waals surface area contributed by atoms with E-state index in [4.69, 9.17) is 0 Å². The van der Waals surface area contributed by atoms with Gasteiger partial charge in [-0.2, -0.15) is 26.3 Å². The molecule has 2 aromatic heterocycles. The fourth-order valence-electron chi connectivity index (χ4n) is 5.61. The number of pyridine rings is 2. The van der Waals surface area contributed by atoms with E-state index in [2.05, 4.69) is 9.72 Å². The summed E-state index contributed by atoms with van der Waals surface area (Å²) in [6.07, 6.45) is -11.1. The Hall–Kier alpha value is -5.06. The number of hydrogen-bond donors (Lipinski definition) is 2. The molecule has 1 fully saturated rings. The third kappa shape index (κ3) is 7.06. The summed E-state index contributed by atoms with van der Waals surface area (Å²) >= 11 is 0. The molecule has 2 atom stereocenters. The van der Waals surface area contributed by atoms with Crippen molar-refractivity contribution in [3.05, 3.63) is 93.0 Å². The van der Waals surface area contributed by atoms with Crippen molar-refractivity contribution in [1.82, 2.24) is 14.9 Å². The van der Waals surface area contributed by atoms with Crippen LogP contribution < -0.4 is 15.8 Å². The van der Waals surface area contributed by atoms with E-state index in [0.29, 0.717) is 12.1 Å². The van der Waals surface area contributed by atoms with Crippen LogP contribution in [0.5, 0.6) is 0 Å². The lowest BCUT2D eigenvalue weighted by Gasteiger charge is -2.35. The van der Waals surface area contributed by atoms with Gasteiger partial charge in [-0.3, -0.25) is 14.6 Å². The Morgan fingerprint density at radius 3 is 2.37 bits per heavy atom. The summed E-state index contributed by atoms with van der Waals surface area (Å²) in [4.78, 5) is 43.5. The molecule has 1 saturated heterocycles. The Labute approximate surface area is 271 Å². The summed E-state index contributed by atoms with van der Waals surface area (Å²) < 4.78 is 118. The van der Waals surface area contributed by atoms with Gasteiger partial charge in [0.1, 0.15) is 23.2 Å². The molecule has 2 aromatic carbocycles. The van der Waals surface area contributed by atoms with Gasteiger partial charge in [-0.15, -0.1) is 0 Å². The van der Waals surface area contributed by atoms with Crippen molar-refractivity contribution in [1.29, 1.82) is 0 Å². The summed E-state index contributed by atoms with van der Waals surface area (Å²) in [6.45, 7) is 0.0672. The van der Waals surface area contributed by atoms with Crippen LogP contribution in [0, 0.1) is 18.6 Å². The maximum absolute atomic E-state index is 15.1. The second kappa shape index (κ2) is 13.1. The first kappa shape index (κ1) is 35.3. The predicted molar refractivity (Wildman–Crippen MR) is 159 cm³/mol. The van der Waals surface area contributed by atoms with Crippen molar-refractivity contribution < 1.29 is 54.6 Å². The number of alkyl halides is 6. The summed E-state index contributed by atoms with van der Waals surface area (Å²) in [5.41, 5.74) is -4.38. The number of nitrogens with zero attached hydrogens (tertiary/aromatic N) is 3. The highest BCUT2D eigenvalue weighted by molar-refractivity contribution is 5.99. The van der Waals surface area contributed by atoms with Gasteiger partial charge in [0.05, 0.1) is 29.8 Å². The van der Waals surface area contributed by atoms with Crippen molar-refractivity contribution in [2.75, 3.05) is 24.6 Å². The third-order valence-electron chi connectivity index (χ3n) is 8.18. The first-order chi connectivity index (χ1) is 22.9. The van der Waals surface area contributed by atoms with E-state index in [1.807, 2.05) is 5.32 Å². The molecule has 9 nitrogen and oxygen atoms in total. The molecule has 17 heteroatoms. The zero-order valence-electron chi connectivity index (χ0n) is 25.5. The Morgan fingerprint density at radius 2 is 1.76 bits per heavy atom. The number of aryl methyl sites for hydroxylation is 1. The number of carbonyl (C=O) groups is 2. The molecule has 3 heterocycles. The smallest absolute Gasteiger partial charge is 0.417 e. The van der Waals surface area contributed by atoms with E-state index in [9.17, 15) is 45.8 Å². The summed E-state index contributed by atoms with van der Waals surface area (Å²) in [7, 11) is 1.30. The molecule has 4 aromatic rings. The van der Waals surface area contributed by atoms with Gasteiger partial charge in [-0.25, -0.2) is 13.6 Å². The Balaban J connectivity index is 1.46. The Bertz CT molecular complexity index is 1990. The van der Waals surface area contributed by atoms with Crippen LogP contribution in [0.4, 0.5) is 40.8 Å². The third-order valence-corrected chi connectivity index (χ3v) is 8.18. The van der Waals surface area contributed by atoms with Crippen molar-refractivity contribution >= 4 is 28.5 Å². The summed E-state index contributed by atoms with van der Waals surface area (Å²) in [5, 5.41) is 12.1. The molecule has 1 aliphatic rings. The van der Waals surface area contributed by atoms with Crippen molar-refractivity contribution in [2.45, 2.75) is 37.8 Å². The summed E-state index contributed by atoms with van der Waals surface area (Å²) in [5.74, 6) is -6.05. The molecule has 5 rings (SSSR count). The van der Waals surface area contributed by atoms with Gasteiger partial charge in [-0.1, -0.05) is 18.2 Å². The van der Waals surface area contributed by atoms with Crippen molar-refractivity contribution in [2.24, 2.45) is 7.05 Å². The number of aromatic nitrogens is 2. The number of halogens is 8. The monoisotopic (exact) mass is 698 g/mol. The van der Waals surface area contributed by atoms with E-state index < -0.39 is 83.2 Å². The second-order valence-corrected chi connectivity index (χ2v) is 11.3. The maximum atomic E-state index is 15.1. The van der Waals surface area contributed by atoms with Gasteiger partial charge >= 0.3 is 18.3 Å². The highest BCUT2D eigenvalue weighted by atomic mass is 19.4. The number of amides is 1. The van der Waals surface area contributed by atoms with E-state index >= 15 is 8.78 Å². The Kier molecular flexibility index (Phi) is 9.42. The van der Waals surface area contributed by atoms with E-state index in [1.165, 1.54) is 44.4 Å². The lowest BCUT2D eigenvalue weighted by molar-refractivity contribution is -0.221. The quantitative estimate of drug-likeness (QED) is 0.249. The number of carboxylic acids is 1. The minimum atomic E-state index is -4.91. The minimum absolute atomic E-state index is 0.0497. The van der Waals surface area contributed by atoms with E-state index in [1.54, 1.807) is 0 Å². The lowest BCUT2D eigenvalue weighted by Crippen LogP contribution is -2.49. The fraction of sp³-hybridized carbons (Fsp3) is 0.312. The molecule has 260 valence electrons. The molecule has 0 spiro atoms. The van der Waals surface area contributed by atoms with Crippen molar-refractivity contribution in [3.63, 3.8) is 0 Å². The first-order valence-corrected chi connectivity index (χ1v) is 14.5. The lowest BCUT2D eigenvalue weighted by atomic mass is 9.93. The number of aliphatic carboxylic acids is 1. The maximum Gasteiger partial charge on any atom is 0.417 e. The predicted octanol–water partition coefficient (Wildman–Crippen LogP) is 5.40. The summed E-state index contributed by atoms with van der Waals surface area (Å²) in [6, 6.07) is 5.54. The number of rotatable bonds is 7. The molecule has 2 N–H and O–H groups in total. The molecule has 0 aliphatic carbocycles. The van der Waals surface area contributed by atoms with Crippen LogP contribution in [-0.4, -0.2) is 64.6 Å². The van der Waals surface area contributed by atoms with Gasteiger partial charge in [0.2, 0.25) is 0 Å². The van der Waals surface area contributed by atoms with Gasteiger partial charge in [0.25, 0.3) is 11.5 Å². The van der Waals surface area contributed by atoms with Crippen LogP contribution >= 0.6 is 0 Å². The number of anilines is 1. The number of carbonyl (C=O) groups excluding carboxylic acids is 1. The van der Waals surface area contributed by atoms with Crippen LogP contribution in [0.3, 0.4) is 0 Å². The fourth-order valence-corrected chi connectivity index (χ4v) is 5.61. The van der Waals surface area contributed by atoms with Gasteiger partial charge in [0, 0.05) is 48.5 Å². The van der Waals surface area contributed by atoms with Crippen LogP contribution in [0.15, 0.2) is 53.5 Å². The SMILES string of the molecule is Cc1cc(C(F)(F)F)c(-c2ccc(C[C@H](NC(=O)c3c(F)cc(N4CCOC(C(F)(F)F)C4)cc3F)C(=O)O)c3cccnc23)c(=O)n1C. The minimum Gasteiger partial charge on any atom is -0.480 e. The molecule has 49 heavy (non-hydrogen) atoms. The average Bonchev–Trinajstić information content (AvgIpc) is 3.02. The Morgan fingerprint density at radius 1 is 1.08 bits per heavy atom. The topological polar surface area (TPSA) is 114 Å². The van der Waals surface area contributed by atoms with E-state index in [0.717, 1.165) is 15.5 Å². The second-order valence-electron chi connectivity index (χ2n) is 11.3. The molecule has 1 aliphatic heterocycles. The molecule has 0 radical (unpaired) electrons. The highest BCUT2D eigenvalue weighted by Crippen LogP contribution is 2.38. The average molecular weight is 699 g/mol. The molecule has 1 unspecified atom stereocenters. The standard InChI is InChI=1S/C32H26F8N4O5/c1-15-10-20(31(35,36)37)25(29(46)43(15)2)19-6-5-16(18-4-3-7-41-27(18)19)11-23(30(47)48)42-28(45)26-21(33)12-17(13-22(26)34)44-8-9-49-24(14-44)32(38,39)40/h3-7,10,12-13,23-24H,8-9,11,14H2,1-2H3,(H,42,45)(H,47,48)/t23-,24?/m0/s1. The van der Waals surface area contributed by atoms with Crippen molar-refractivity contribution in [3.8, 4) is 11.1 Å². The first-order valence-electron chi connectivity index (χ1n) is 14.5. The number of ether oxygens (including phenoxy) is 1. The number of fused-ring (bicyclic) bond motifs is 1. The zero-order valence-corrected chi connectivity index (χ0v) is 25.5. The zero-order chi connectivity index (χ0) is 36.0. The van der Waals surface area contributed by atoms with Gasteiger partial charge in [-0.05, 0) is 36.8 Å². The molecular formula is C32H26F8N4O5. The number of benzene rings is 2. The molecular weight excluding hydrogens is 672 g/mol.